The van der Waals surface area contributed by atoms with Crippen LogP contribution in [0.1, 0.15) is 34.3 Å². The molecule has 152 valence electrons. The van der Waals surface area contributed by atoms with Crippen LogP contribution in [0.25, 0.3) is 0 Å². The van der Waals surface area contributed by atoms with Gasteiger partial charge in [-0.3, -0.25) is 0 Å². The molecule has 0 fully saturated rings. The monoisotopic (exact) mass is 442 g/mol. The van der Waals surface area contributed by atoms with Crippen LogP contribution >= 0.6 is 23.2 Å². The summed E-state index contributed by atoms with van der Waals surface area (Å²) in [4.78, 5) is 4.94. The molecule has 2 nitrogen and oxygen atoms in total. The van der Waals surface area contributed by atoms with Gasteiger partial charge in [0.25, 0.3) is 0 Å². The molecule has 0 aromatic heterocycles. The van der Waals surface area contributed by atoms with Gasteiger partial charge in [-0.15, -0.1) is 0 Å². The first-order valence-electron chi connectivity index (χ1n) is 10.4. The highest BCUT2D eigenvalue weighted by Crippen LogP contribution is 2.52. The van der Waals surface area contributed by atoms with Crippen molar-refractivity contribution in [3.8, 4) is 0 Å². The largest absolute Gasteiger partial charge is 0.342 e. The molecule has 2 bridgehead atoms. The minimum absolute atomic E-state index is 0.0859. The summed E-state index contributed by atoms with van der Waals surface area (Å²) in [6.07, 6.45) is 0. The average Bonchev–Trinajstić information content (AvgIpc) is 2.80. The van der Waals surface area contributed by atoms with E-state index in [1.165, 1.54) is 33.6 Å². The molecular weight excluding hydrogens is 423 g/mol. The van der Waals surface area contributed by atoms with Gasteiger partial charge in [-0.2, -0.15) is 0 Å². The van der Waals surface area contributed by atoms with Crippen molar-refractivity contribution >= 4 is 34.6 Å². The number of hydrogen-bond donors (Lipinski definition) is 0. The molecule has 2 heterocycles. The first-order valence-corrected chi connectivity index (χ1v) is 11.2. The van der Waals surface area contributed by atoms with Gasteiger partial charge in [0, 0.05) is 32.5 Å². The van der Waals surface area contributed by atoms with Crippen molar-refractivity contribution < 1.29 is 0 Å². The highest BCUT2D eigenvalue weighted by atomic mass is 35.5. The van der Waals surface area contributed by atoms with Crippen LogP contribution < -0.4 is 9.80 Å². The molecule has 2 aliphatic heterocycles. The third-order valence-electron chi connectivity index (χ3n) is 6.35. The summed E-state index contributed by atoms with van der Waals surface area (Å²) >= 11 is 13.0. The van der Waals surface area contributed by atoms with Crippen molar-refractivity contribution in [3.05, 3.63) is 129 Å². The molecule has 6 rings (SSSR count). The molecule has 0 unspecified atom stereocenters. The second kappa shape index (κ2) is 7.33. The van der Waals surface area contributed by atoms with Gasteiger partial charge in [0.15, 0.2) is 0 Å². The van der Waals surface area contributed by atoms with E-state index in [1.54, 1.807) is 0 Å². The fourth-order valence-electron chi connectivity index (χ4n) is 5.10. The minimum Gasteiger partial charge on any atom is -0.342 e. The topological polar surface area (TPSA) is 6.48 Å². The van der Waals surface area contributed by atoms with Crippen molar-refractivity contribution in [2.24, 2.45) is 0 Å². The quantitative estimate of drug-likeness (QED) is 0.317. The summed E-state index contributed by atoms with van der Waals surface area (Å²) in [6.45, 7) is 0.794. The Morgan fingerprint density at radius 2 is 0.968 bits per heavy atom. The van der Waals surface area contributed by atoms with Crippen LogP contribution in [0.2, 0.25) is 10.0 Å². The minimum atomic E-state index is 0.0859. The molecule has 31 heavy (non-hydrogen) atoms. The van der Waals surface area contributed by atoms with Crippen LogP contribution in [0, 0.1) is 0 Å². The maximum atomic E-state index is 6.51. The zero-order chi connectivity index (χ0) is 20.9. The van der Waals surface area contributed by atoms with E-state index in [-0.39, 0.29) is 12.1 Å². The number of hydrogen-bond acceptors (Lipinski definition) is 2. The predicted octanol–water partition coefficient (Wildman–Crippen LogP) is 7.47. The summed E-state index contributed by atoms with van der Waals surface area (Å²) in [7, 11) is 0. The number of anilines is 2. The zero-order valence-electron chi connectivity index (χ0n) is 16.7. The van der Waals surface area contributed by atoms with Crippen molar-refractivity contribution in [3.63, 3.8) is 0 Å². The van der Waals surface area contributed by atoms with Crippen molar-refractivity contribution in [1.82, 2.24) is 0 Å². The van der Waals surface area contributed by atoms with E-state index >= 15 is 0 Å². The Kier molecular flexibility index (Phi) is 4.45. The van der Waals surface area contributed by atoms with E-state index in [2.05, 4.69) is 94.7 Å². The van der Waals surface area contributed by atoms with Crippen molar-refractivity contribution in [2.45, 2.75) is 12.1 Å². The molecule has 0 N–H and O–H groups in total. The van der Waals surface area contributed by atoms with Gasteiger partial charge >= 0.3 is 0 Å². The lowest BCUT2D eigenvalue weighted by atomic mass is 9.85. The number of rotatable bonds is 2. The fourth-order valence-corrected chi connectivity index (χ4v) is 5.46. The van der Waals surface area contributed by atoms with E-state index < -0.39 is 0 Å². The molecule has 0 spiro atoms. The fraction of sp³-hybridized carbons (Fsp3) is 0.111. The average molecular weight is 443 g/mol. The Balaban J connectivity index is 1.64. The third kappa shape index (κ3) is 3.02. The summed E-state index contributed by atoms with van der Waals surface area (Å²) < 4.78 is 0. The molecule has 4 aromatic carbocycles. The number of nitrogens with zero attached hydrogens (tertiary/aromatic N) is 2. The molecule has 2 atom stereocenters. The lowest BCUT2D eigenvalue weighted by Gasteiger charge is -2.53. The number of fused-ring (bicyclic) bond motifs is 6. The Morgan fingerprint density at radius 1 is 0.548 bits per heavy atom. The van der Waals surface area contributed by atoms with E-state index in [1.807, 2.05) is 12.1 Å². The predicted molar refractivity (Wildman–Crippen MR) is 129 cm³/mol. The van der Waals surface area contributed by atoms with Gasteiger partial charge in [0.1, 0.15) is 0 Å². The van der Waals surface area contributed by atoms with Gasteiger partial charge in [0.2, 0.25) is 0 Å². The Bertz CT molecular complexity index is 1160. The maximum absolute atomic E-state index is 6.51. The standard InChI is InChI=1S/C27H20Cl2N2/c28-20-11-13-24-22(15-20)26(18-7-3-1-4-8-18)30-17-31(24)27(19-9-5-2-6-10-19)23-16-21(29)12-14-25(23)30/h1-16,26-27H,17H2/t26-,27-/m1/s1. The highest BCUT2D eigenvalue weighted by molar-refractivity contribution is 6.31. The normalized spacial score (nSPS) is 19.0. The van der Waals surface area contributed by atoms with E-state index in [9.17, 15) is 0 Å². The van der Waals surface area contributed by atoms with E-state index in [0.29, 0.717) is 0 Å². The number of halogens is 2. The maximum Gasteiger partial charge on any atom is 0.0922 e. The molecule has 2 aliphatic rings. The molecule has 0 saturated carbocycles. The molecular formula is C27H20Cl2N2. The van der Waals surface area contributed by atoms with Gasteiger partial charge in [-0.05, 0) is 47.5 Å². The summed E-state index contributed by atoms with van der Waals surface area (Å²) in [5.41, 5.74) is 7.40. The van der Waals surface area contributed by atoms with Crippen LogP contribution in [0.4, 0.5) is 11.4 Å². The molecule has 4 heteroatoms. The molecule has 0 saturated heterocycles. The molecule has 0 aliphatic carbocycles. The lowest BCUT2D eigenvalue weighted by molar-refractivity contribution is 0.562. The van der Waals surface area contributed by atoms with E-state index in [4.69, 9.17) is 23.2 Å². The van der Waals surface area contributed by atoms with E-state index in [0.717, 1.165) is 16.7 Å². The molecule has 4 aromatic rings. The van der Waals surface area contributed by atoms with Crippen LogP contribution in [0.5, 0.6) is 0 Å². The lowest BCUT2D eigenvalue weighted by Crippen LogP contribution is -2.51. The van der Waals surface area contributed by atoms with Gasteiger partial charge in [-0.25, -0.2) is 0 Å². The van der Waals surface area contributed by atoms with Crippen molar-refractivity contribution in [1.29, 1.82) is 0 Å². The summed E-state index contributed by atoms with van der Waals surface area (Å²) in [6, 6.07) is 34.1. The zero-order valence-corrected chi connectivity index (χ0v) is 18.3. The van der Waals surface area contributed by atoms with Gasteiger partial charge in [0.05, 0.1) is 18.8 Å². The highest BCUT2D eigenvalue weighted by Gasteiger charge is 2.42. The van der Waals surface area contributed by atoms with Crippen molar-refractivity contribution in [2.75, 3.05) is 16.5 Å². The van der Waals surface area contributed by atoms with Crippen LogP contribution in [-0.4, -0.2) is 6.67 Å². The molecule has 0 amide bonds. The van der Waals surface area contributed by atoms with Crippen LogP contribution in [-0.2, 0) is 0 Å². The van der Waals surface area contributed by atoms with Crippen LogP contribution in [0.15, 0.2) is 97.1 Å². The number of benzene rings is 4. The molecule has 0 radical (unpaired) electrons. The Hall–Kier alpha value is -2.94. The first-order chi connectivity index (χ1) is 15.2. The van der Waals surface area contributed by atoms with Crippen LogP contribution in [0.3, 0.4) is 0 Å². The Morgan fingerprint density at radius 3 is 1.39 bits per heavy atom. The second-order valence-electron chi connectivity index (χ2n) is 8.11. The summed E-state index contributed by atoms with van der Waals surface area (Å²) in [5.74, 6) is 0. The SMILES string of the molecule is Clc1ccc2c(c1)[C@@H](c1ccccc1)N1CN2[C@H](c2ccccc2)c2cc(Cl)ccc21. The summed E-state index contributed by atoms with van der Waals surface area (Å²) in [5, 5.41) is 1.52. The second-order valence-corrected chi connectivity index (χ2v) is 8.99. The van der Waals surface area contributed by atoms with Gasteiger partial charge in [-0.1, -0.05) is 83.9 Å². The van der Waals surface area contributed by atoms with Gasteiger partial charge < -0.3 is 9.80 Å². The smallest absolute Gasteiger partial charge is 0.0922 e. The Labute approximate surface area is 192 Å². The first kappa shape index (κ1) is 18.8. The third-order valence-corrected chi connectivity index (χ3v) is 6.82.